The van der Waals surface area contributed by atoms with Gasteiger partial charge in [0.25, 0.3) is 0 Å². The molecular weight excluding hydrogens is 276 g/mol. The van der Waals surface area contributed by atoms with Gasteiger partial charge in [-0.1, -0.05) is 27.7 Å². The highest BCUT2D eigenvalue weighted by Gasteiger charge is 1.95. The molecule has 6 heteroatoms. The zero-order valence-corrected chi connectivity index (χ0v) is 14.3. The van der Waals surface area contributed by atoms with Crippen LogP contribution in [-0.2, 0) is 4.74 Å². The minimum Gasteiger partial charge on any atom is -0.381 e. The Hall–Kier alpha value is -0.810. The number of amidine groups is 2. The lowest BCUT2D eigenvalue weighted by atomic mass is 10.4. The second kappa shape index (κ2) is 20.5. The van der Waals surface area contributed by atoms with E-state index < -0.39 is 0 Å². The fourth-order valence-electron chi connectivity index (χ4n) is 1.02. The van der Waals surface area contributed by atoms with Crippen LogP contribution < -0.4 is 11.5 Å². The maximum Gasteiger partial charge on any atom is 0.161 e. The number of nitrogens with zero attached hydrogens (tertiary/aromatic N) is 2. The van der Waals surface area contributed by atoms with E-state index in [-0.39, 0.29) is 12.4 Å². The molecule has 0 spiro atoms. The molecule has 0 aromatic carbocycles. The van der Waals surface area contributed by atoms with E-state index in [1.54, 1.807) is 0 Å². The van der Waals surface area contributed by atoms with Crippen molar-refractivity contribution in [2.75, 3.05) is 26.3 Å². The van der Waals surface area contributed by atoms with Crippen molar-refractivity contribution in [2.24, 2.45) is 21.5 Å². The summed E-state index contributed by atoms with van der Waals surface area (Å²) in [5.41, 5.74) is 11.1. The van der Waals surface area contributed by atoms with Gasteiger partial charge >= 0.3 is 0 Å². The van der Waals surface area contributed by atoms with Crippen molar-refractivity contribution in [1.29, 1.82) is 0 Å². The Morgan fingerprint density at radius 2 is 1.10 bits per heavy atom. The van der Waals surface area contributed by atoms with Gasteiger partial charge < -0.3 is 16.2 Å². The molecule has 0 radical (unpaired) electrons. The standard InChI is InChI=1S/C8H18N4.C6H14O.ClH/c1-3-5-11-7(9)8(10)12-6-4-2;1-3-5-7-6-4-2;/h3-6H2,1-2H3,(H2,9,11)(H2,10,12);3-6H2,1-2H3;1H. The summed E-state index contributed by atoms with van der Waals surface area (Å²) in [7, 11) is 0. The Morgan fingerprint density at radius 1 is 0.750 bits per heavy atom. The molecule has 20 heavy (non-hydrogen) atoms. The zero-order valence-electron chi connectivity index (χ0n) is 13.5. The molecule has 0 rings (SSSR count). The molecule has 0 saturated heterocycles. The van der Waals surface area contributed by atoms with Gasteiger partial charge in [0, 0.05) is 26.3 Å². The number of hydrogen-bond acceptors (Lipinski definition) is 3. The molecule has 0 bridgehead atoms. The minimum atomic E-state index is 0. The highest BCUT2D eigenvalue weighted by Crippen LogP contribution is 1.82. The molecule has 5 nitrogen and oxygen atoms in total. The average Bonchev–Trinajstić information content (AvgIpc) is 2.43. The number of ether oxygens (including phenoxy) is 1. The van der Waals surface area contributed by atoms with Gasteiger partial charge in [0.15, 0.2) is 11.7 Å². The second-order valence-corrected chi connectivity index (χ2v) is 4.15. The van der Waals surface area contributed by atoms with Gasteiger partial charge in [0.1, 0.15) is 0 Å². The number of hydrogen-bond donors (Lipinski definition) is 2. The lowest BCUT2D eigenvalue weighted by Gasteiger charge is -1.98. The molecule has 0 heterocycles. The Labute approximate surface area is 130 Å². The average molecular weight is 309 g/mol. The van der Waals surface area contributed by atoms with E-state index in [2.05, 4.69) is 23.8 Å². The molecule has 0 unspecified atom stereocenters. The highest BCUT2D eigenvalue weighted by molar-refractivity contribution is 6.39. The SMILES string of the molecule is CCCN=C(N)C(N)=NCCC.CCCOCCC.Cl. The van der Waals surface area contributed by atoms with E-state index in [0.717, 1.165) is 38.9 Å². The highest BCUT2D eigenvalue weighted by atomic mass is 35.5. The Morgan fingerprint density at radius 3 is 1.35 bits per heavy atom. The van der Waals surface area contributed by atoms with Crippen LogP contribution in [0.25, 0.3) is 0 Å². The lowest BCUT2D eigenvalue weighted by Crippen LogP contribution is -2.31. The quantitative estimate of drug-likeness (QED) is 0.411. The molecule has 0 atom stereocenters. The van der Waals surface area contributed by atoms with Crippen LogP contribution in [0.5, 0.6) is 0 Å². The van der Waals surface area contributed by atoms with Gasteiger partial charge in [0.2, 0.25) is 0 Å². The third-order valence-electron chi connectivity index (χ3n) is 1.97. The number of aliphatic imine (C=N–C) groups is 2. The van der Waals surface area contributed by atoms with Gasteiger partial charge in [-0.3, -0.25) is 9.98 Å². The maximum absolute atomic E-state index is 5.54. The summed E-state index contributed by atoms with van der Waals surface area (Å²) in [6.07, 6.45) is 4.23. The third kappa shape index (κ3) is 19.5. The Bertz CT molecular complexity index is 221. The molecule has 0 aliphatic rings. The summed E-state index contributed by atoms with van der Waals surface area (Å²) < 4.78 is 5.13. The predicted octanol–water partition coefficient (Wildman–Crippen LogP) is 2.77. The number of rotatable bonds is 8. The van der Waals surface area contributed by atoms with Crippen molar-refractivity contribution < 1.29 is 4.74 Å². The van der Waals surface area contributed by atoms with Gasteiger partial charge in [-0.05, 0) is 25.7 Å². The van der Waals surface area contributed by atoms with Crippen LogP contribution >= 0.6 is 12.4 Å². The summed E-state index contributed by atoms with van der Waals surface area (Å²) in [5.74, 6) is 0.732. The topological polar surface area (TPSA) is 86.0 Å². The molecule has 0 aromatic rings. The van der Waals surface area contributed by atoms with Crippen LogP contribution in [0.4, 0.5) is 0 Å². The van der Waals surface area contributed by atoms with Crippen molar-refractivity contribution in [3.05, 3.63) is 0 Å². The molecule has 0 fully saturated rings. The first-order valence-corrected chi connectivity index (χ1v) is 7.31. The van der Waals surface area contributed by atoms with Crippen LogP contribution in [0.3, 0.4) is 0 Å². The van der Waals surface area contributed by atoms with E-state index in [4.69, 9.17) is 16.2 Å². The van der Waals surface area contributed by atoms with Crippen LogP contribution in [0.15, 0.2) is 9.98 Å². The monoisotopic (exact) mass is 308 g/mol. The fraction of sp³-hybridized carbons (Fsp3) is 0.857. The van der Waals surface area contributed by atoms with E-state index in [0.29, 0.717) is 24.8 Å². The van der Waals surface area contributed by atoms with Crippen molar-refractivity contribution in [1.82, 2.24) is 0 Å². The normalized spacial score (nSPS) is 11.4. The Balaban J connectivity index is -0.000000312. The molecule has 0 saturated carbocycles. The third-order valence-corrected chi connectivity index (χ3v) is 1.97. The molecule has 122 valence electrons. The van der Waals surface area contributed by atoms with Crippen molar-refractivity contribution in [3.8, 4) is 0 Å². The summed E-state index contributed by atoms with van der Waals surface area (Å²) in [5, 5.41) is 0. The van der Waals surface area contributed by atoms with Crippen LogP contribution in [0.1, 0.15) is 53.4 Å². The molecule has 0 aromatic heterocycles. The largest absolute Gasteiger partial charge is 0.381 e. The molecule has 0 aliphatic carbocycles. The first-order chi connectivity index (χ1) is 9.13. The van der Waals surface area contributed by atoms with E-state index in [1.807, 2.05) is 13.8 Å². The molecule has 0 amide bonds. The van der Waals surface area contributed by atoms with Crippen LogP contribution in [0, 0.1) is 0 Å². The van der Waals surface area contributed by atoms with Crippen LogP contribution in [0.2, 0.25) is 0 Å². The smallest absolute Gasteiger partial charge is 0.161 e. The van der Waals surface area contributed by atoms with Crippen molar-refractivity contribution in [2.45, 2.75) is 53.4 Å². The fourth-order valence-corrected chi connectivity index (χ4v) is 1.02. The Kier molecular flexibility index (Phi) is 24.8. The van der Waals surface area contributed by atoms with Gasteiger partial charge in [-0.15, -0.1) is 12.4 Å². The first-order valence-electron chi connectivity index (χ1n) is 7.31. The van der Waals surface area contributed by atoms with Crippen LogP contribution in [-0.4, -0.2) is 38.0 Å². The van der Waals surface area contributed by atoms with Gasteiger partial charge in [-0.25, -0.2) is 0 Å². The lowest BCUT2D eigenvalue weighted by molar-refractivity contribution is 0.135. The number of nitrogens with two attached hydrogens (primary N) is 2. The predicted molar refractivity (Wildman–Crippen MR) is 92.2 cm³/mol. The zero-order chi connectivity index (χ0) is 14.9. The minimum absolute atomic E-state index is 0. The van der Waals surface area contributed by atoms with Gasteiger partial charge in [0.05, 0.1) is 0 Å². The molecule has 0 aliphatic heterocycles. The summed E-state index contributed by atoms with van der Waals surface area (Å²) in [6, 6.07) is 0. The molecule has 4 N–H and O–H groups in total. The van der Waals surface area contributed by atoms with E-state index in [9.17, 15) is 0 Å². The maximum atomic E-state index is 5.54. The first kappa shape index (κ1) is 24.2. The molecular formula is C14H33ClN4O. The van der Waals surface area contributed by atoms with E-state index >= 15 is 0 Å². The summed E-state index contributed by atoms with van der Waals surface area (Å²) in [6.45, 7) is 11.6. The van der Waals surface area contributed by atoms with E-state index in [1.165, 1.54) is 0 Å². The van der Waals surface area contributed by atoms with Gasteiger partial charge in [-0.2, -0.15) is 0 Å². The summed E-state index contributed by atoms with van der Waals surface area (Å²) in [4.78, 5) is 8.07. The summed E-state index contributed by atoms with van der Waals surface area (Å²) >= 11 is 0. The van der Waals surface area contributed by atoms with Crippen molar-refractivity contribution >= 4 is 24.1 Å². The van der Waals surface area contributed by atoms with Crippen molar-refractivity contribution in [3.63, 3.8) is 0 Å². The second-order valence-electron chi connectivity index (χ2n) is 4.15. The number of halogens is 1.